The summed E-state index contributed by atoms with van der Waals surface area (Å²) in [5.74, 6) is 0.791. The molecule has 2 aromatic rings. The Morgan fingerprint density at radius 2 is 1.88 bits per heavy atom. The molecule has 1 atom stereocenters. The van der Waals surface area contributed by atoms with Gasteiger partial charge in [-0.05, 0) is 42.8 Å². The molecular weight excluding hydrogens is 326 g/mol. The van der Waals surface area contributed by atoms with Crippen LogP contribution in [0.3, 0.4) is 0 Å². The second-order valence-corrected chi connectivity index (χ2v) is 7.51. The molecule has 1 fully saturated rings. The van der Waals surface area contributed by atoms with Gasteiger partial charge in [0.1, 0.15) is 5.75 Å². The van der Waals surface area contributed by atoms with Crippen molar-refractivity contribution in [3.63, 3.8) is 0 Å². The van der Waals surface area contributed by atoms with Crippen LogP contribution in [0.2, 0.25) is 0 Å². The van der Waals surface area contributed by atoms with Gasteiger partial charge in [0, 0.05) is 24.8 Å². The number of hydrogen-bond donors (Lipinski definition) is 2. The van der Waals surface area contributed by atoms with Crippen LogP contribution in [0.5, 0.6) is 5.75 Å². The van der Waals surface area contributed by atoms with Crippen molar-refractivity contribution in [1.82, 2.24) is 4.72 Å². The smallest absolute Gasteiger partial charge is 0.240 e. The van der Waals surface area contributed by atoms with Gasteiger partial charge >= 0.3 is 0 Å². The Morgan fingerprint density at radius 1 is 1.17 bits per heavy atom. The minimum absolute atomic E-state index is 0.141. The van der Waals surface area contributed by atoms with Gasteiger partial charge in [0.2, 0.25) is 10.0 Å². The predicted molar refractivity (Wildman–Crippen MR) is 94.8 cm³/mol. The number of rotatable bonds is 5. The lowest BCUT2D eigenvalue weighted by molar-refractivity contribution is 0.415. The van der Waals surface area contributed by atoms with Crippen molar-refractivity contribution in [3.05, 3.63) is 48.5 Å². The van der Waals surface area contributed by atoms with Crippen LogP contribution in [0.15, 0.2) is 53.4 Å². The fraction of sp³-hybridized carbons (Fsp3) is 0.294. The SMILES string of the molecule is COc1ccccc1N1CC[C@H](NS(=O)(=O)c2ccc(N)cc2)C1. The van der Waals surface area contributed by atoms with E-state index in [4.69, 9.17) is 10.5 Å². The summed E-state index contributed by atoms with van der Waals surface area (Å²) in [6.45, 7) is 1.38. The molecule has 3 N–H and O–H groups in total. The molecule has 2 aromatic carbocycles. The molecule has 0 aromatic heterocycles. The first-order valence-corrected chi connectivity index (χ1v) is 9.24. The molecule has 1 saturated heterocycles. The normalized spacial score (nSPS) is 17.9. The van der Waals surface area contributed by atoms with Gasteiger partial charge in [-0.2, -0.15) is 0 Å². The molecule has 1 heterocycles. The van der Waals surface area contributed by atoms with E-state index in [1.165, 1.54) is 12.1 Å². The van der Waals surface area contributed by atoms with Crippen molar-refractivity contribution >= 4 is 21.4 Å². The van der Waals surface area contributed by atoms with E-state index in [1.807, 2.05) is 24.3 Å². The lowest BCUT2D eigenvalue weighted by atomic mass is 10.2. The summed E-state index contributed by atoms with van der Waals surface area (Å²) in [5.41, 5.74) is 7.13. The largest absolute Gasteiger partial charge is 0.495 e. The van der Waals surface area contributed by atoms with Crippen molar-refractivity contribution in [2.45, 2.75) is 17.4 Å². The van der Waals surface area contributed by atoms with E-state index in [0.29, 0.717) is 12.2 Å². The van der Waals surface area contributed by atoms with Crippen LogP contribution < -0.4 is 20.1 Å². The third-order valence-corrected chi connectivity index (χ3v) is 5.66. The molecule has 0 aliphatic carbocycles. The lowest BCUT2D eigenvalue weighted by Gasteiger charge is -2.21. The number of hydrogen-bond acceptors (Lipinski definition) is 5. The standard InChI is InChI=1S/C17H21N3O3S/c1-23-17-5-3-2-4-16(17)20-11-10-14(12-20)19-24(21,22)15-8-6-13(18)7-9-15/h2-9,14,19H,10-12,18H2,1H3/t14-/m0/s1. The van der Waals surface area contributed by atoms with Gasteiger partial charge in [-0.1, -0.05) is 12.1 Å². The first-order chi connectivity index (χ1) is 11.5. The summed E-state index contributed by atoms with van der Waals surface area (Å²) < 4.78 is 33.1. The van der Waals surface area contributed by atoms with Crippen LogP contribution in [0.4, 0.5) is 11.4 Å². The molecular formula is C17H21N3O3S. The van der Waals surface area contributed by atoms with Crippen molar-refractivity contribution in [2.75, 3.05) is 30.8 Å². The maximum absolute atomic E-state index is 12.5. The number of methoxy groups -OCH3 is 1. The first kappa shape index (κ1) is 16.6. The van der Waals surface area contributed by atoms with Gasteiger partial charge in [0.05, 0.1) is 17.7 Å². The second-order valence-electron chi connectivity index (χ2n) is 5.79. The number of para-hydroxylation sites is 2. The summed E-state index contributed by atoms with van der Waals surface area (Å²) in [4.78, 5) is 2.36. The monoisotopic (exact) mass is 347 g/mol. The molecule has 6 nitrogen and oxygen atoms in total. The van der Waals surface area contributed by atoms with E-state index >= 15 is 0 Å². The third-order valence-electron chi connectivity index (χ3n) is 4.13. The summed E-state index contributed by atoms with van der Waals surface area (Å²) in [6.07, 6.45) is 0.742. The van der Waals surface area contributed by atoms with E-state index in [1.54, 1.807) is 19.2 Å². The van der Waals surface area contributed by atoms with Gasteiger partial charge in [-0.25, -0.2) is 13.1 Å². The molecule has 1 aliphatic rings. The number of sulfonamides is 1. The number of benzene rings is 2. The zero-order valence-corrected chi connectivity index (χ0v) is 14.3. The molecule has 0 radical (unpaired) electrons. The molecule has 1 aliphatic heterocycles. The average molecular weight is 347 g/mol. The highest BCUT2D eigenvalue weighted by Gasteiger charge is 2.28. The van der Waals surface area contributed by atoms with Gasteiger partial charge in [-0.15, -0.1) is 0 Å². The van der Waals surface area contributed by atoms with Crippen molar-refractivity contribution in [2.24, 2.45) is 0 Å². The maximum atomic E-state index is 12.5. The van der Waals surface area contributed by atoms with Gasteiger partial charge in [-0.3, -0.25) is 0 Å². The number of nitrogens with zero attached hydrogens (tertiary/aromatic N) is 1. The second kappa shape index (κ2) is 6.70. The van der Waals surface area contributed by atoms with Crippen molar-refractivity contribution in [3.8, 4) is 5.75 Å². The fourth-order valence-electron chi connectivity index (χ4n) is 2.90. The topological polar surface area (TPSA) is 84.7 Å². The number of nitrogens with one attached hydrogen (secondary N) is 1. The van der Waals surface area contributed by atoms with Crippen LogP contribution in [0, 0.1) is 0 Å². The van der Waals surface area contributed by atoms with E-state index < -0.39 is 10.0 Å². The number of nitrogen functional groups attached to an aromatic ring is 1. The van der Waals surface area contributed by atoms with E-state index in [2.05, 4.69) is 9.62 Å². The van der Waals surface area contributed by atoms with Gasteiger partial charge in [0.15, 0.2) is 0 Å². The quantitative estimate of drug-likeness (QED) is 0.806. The van der Waals surface area contributed by atoms with Crippen LogP contribution in [-0.2, 0) is 10.0 Å². The summed E-state index contributed by atoms with van der Waals surface area (Å²) in [6, 6.07) is 13.8. The van der Waals surface area contributed by atoms with E-state index in [9.17, 15) is 8.42 Å². The fourth-order valence-corrected chi connectivity index (χ4v) is 4.16. The summed E-state index contributed by atoms with van der Waals surface area (Å²) >= 11 is 0. The predicted octanol–water partition coefficient (Wildman–Crippen LogP) is 1.83. The van der Waals surface area contributed by atoms with Crippen LogP contribution in [0.1, 0.15) is 6.42 Å². The Morgan fingerprint density at radius 3 is 2.58 bits per heavy atom. The summed E-state index contributed by atoms with van der Waals surface area (Å²) in [5, 5.41) is 0. The highest BCUT2D eigenvalue weighted by molar-refractivity contribution is 7.89. The minimum atomic E-state index is -3.55. The van der Waals surface area contributed by atoms with Crippen LogP contribution >= 0.6 is 0 Å². The van der Waals surface area contributed by atoms with Gasteiger partial charge < -0.3 is 15.4 Å². The number of ether oxygens (including phenoxy) is 1. The Labute approximate surface area is 142 Å². The van der Waals surface area contributed by atoms with Crippen molar-refractivity contribution < 1.29 is 13.2 Å². The molecule has 0 saturated carbocycles. The van der Waals surface area contributed by atoms with E-state index in [-0.39, 0.29) is 10.9 Å². The average Bonchev–Trinajstić information content (AvgIpc) is 3.02. The van der Waals surface area contributed by atoms with Gasteiger partial charge in [0.25, 0.3) is 0 Å². The van der Waals surface area contributed by atoms with Crippen LogP contribution in [0.25, 0.3) is 0 Å². The molecule has 7 heteroatoms. The molecule has 128 valence electrons. The Hall–Kier alpha value is -2.25. The molecule has 0 unspecified atom stereocenters. The molecule has 0 amide bonds. The Bertz CT molecular complexity index is 806. The maximum Gasteiger partial charge on any atom is 0.240 e. The van der Waals surface area contributed by atoms with E-state index in [0.717, 1.165) is 24.4 Å². The first-order valence-electron chi connectivity index (χ1n) is 7.75. The third kappa shape index (κ3) is 3.47. The molecule has 24 heavy (non-hydrogen) atoms. The lowest BCUT2D eigenvalue weighted by Crippen LogP contribution is -2.37. The minimum Gasteiger partial charge on any atom is -0.495 e. The summed E-state index contributed by atoms with van der Waals surface area (Å²) in [7, 11) is -1.91. The van der Waals surface area contributed by atoms with Crippen molar-refractivity contribution in [1.29, 1.82) is 0 Å². The highest BCUT2D eigenvalue weighted by Crippen LogP contribution is 2.30. The number of anilines is 2. The van der Waals surface area contributed by atoms with Crippen LogP contribution in [-0.4, -0.2) is 34.7 Å². The zero-order valence-electron chi connectivity index (χ0n) is 13.5. The molecule has 0 spiro atoms. The Kier molecular flexibility index (Phi) is 4.64. The number of nitrogens with two attached hydrogens (primary N) is 1. The highest BCUT2D eigenvalue weighted by atomic mass is 32.2. The molecule has 3 rings (SSSR count). The molecule has 0 bridgehead atoms. The Balaban J connectivity index is 1.71. The zero-order chi connectivity index (χ0) is 17.2.